The van der Waals surface area contributed by atoms with E-state index in [9.17, 15) is 4.79 Å². The highest BCUT2D eigenvalue weighted by atomic mass is 16.1. The van der Waals surface area contributed by atoms with Gasteiger partial charge >= 0.3 is 0 Å². The molecule has 4 nitrogen and oxygen atoms in total. The number of nitrogens with zero attached hydrogens (tertiary/aromatic N) is 3. The number of rotatable bonds is 4. The first-order valence-electron chi connectivity index (χ1n) is 6.04. The van der Waals surface area contributed by atoms with E-state index in [1.54, 1.807) is 12.5 Å². The standard InChI is InChI=1S/C12H19N3O/c1-2-5-14-6-3-11(4-7-14)15-10-13-8-12(15)9-16/h8-11H,2-7H2,1H3. The first-order valence-corrected chi connectivity index (χ1v) is 6.04. The maximum Gasteiger partial charge on any atom is 0.168 e. The Kier molecular flexibility index (Phi) is 3.72. The van der Waals surface area contributed by atoms with Crippen molar-refractivity contribution in [2.24, 2.45) is 0 Å². The lowest BCUT2D eigenvalue weighted by molar-refractivity contribution is 0.110. The molecule has 0 spiro atoms. The summed E-state index contributed by atoms with van der Waals surface area (Å²) in [6, 6.07) is 0.454. The van der Waals surface area contributed by atoms with E-state index in [0.29, 0.717) is 11.7 Å². The minimum Gasteiger partial charge on any atom is -0.325 e. The topological polar surface area (TPSA) is 38.1 Å². The van der Waals surface area contributed by atoms with Crippen LogP contribution in [-0.2, 0) is 0 Å². The van der Waals surface area contributed by atoms with Crippen LogP contribution < -0.4 is 0 Å². The van der Waals surface area contributed by atoms with E-state index in [0.717, 1.165) is 32.2 Å². The molecule has 1 aliphatic rings. The fourth-order valence-electron chi connectivity index (χ4n) is 2.45. The molecule has 88 valence electrons. The number of carbonyl (C=O) groups excluding carboxylic acids is 1. The smallest absolute Gasteiger partial charge is 0.168 e. The molecule has 1 aliphatic heterocycles. The number of piperidine rings is 1. The van der Waals surface area contributed by atoms with Crippen molar-refractivity contribution in [2.45, 2.75) is 32.2 Å². The molecule has 0 amide bonds. The van der Waals surface area contributed by atoms with Crippen molar-refractivity contribution in [1.29, 1.82) is 0 Å². The number of aldehydes is 1. The molecule has 0 aromatic carbocycles. The lowest BCUT2D eigenvalue weighted by atomic mass is 10.0. The fourth-order valence-corrected chi connectivity index (χ4v) is 2.45. The van der Waals surface area contributed by atoms with E-state index in [-0.39, 0.29) is 0 Å². The van der Waals surface area contributed by atoms with Crippen molar-refractivity contribution < 1.29 is 4.79 Å². The Hall–Kier alpha value is -1.16. The molecule has 1 aromatic rings. The second-order valence-electron chi connectivity index (χ2n) is 4.42. The molecule has 0 saturated carbocycles. The van der Waals surface area contributed by atoms with Crippen LogP contribution in [0, 0.1) is 0 Å². The van der Waals surface area contributed by atoms with Crippen LogP contribution in [0.1, 0.15) is 42.7 Å². The highest BCUT2D eigenvalue weighted by molar-refractivity contribution is 5.71. The minimum atomic E-state index is 0.454. The summed E-state index contributed by atoms with van der Waals surface area (Å²) in [5.41, 5.74) is 0.703. The van der Waals surface area contributed by atoms with Gasteiger partial charge in [-0.25, -0.2) is 4.98 Å². The largest absolute Gasteiger partial charge is 0.325 e. The Balaban J connectivity index is 1.96. The molecule has 0 aliphatic carbocycles. The van der Waals surface area contributed by atoms with Gasteiger partial charge in [0.2, 0.25) is 0 Å². The molecule has 1 fully saturated rings. The van der Waals surface area contributed by atoms with Crippen molar-refractivity contribution in [1.82, 2.24) is 14.5 Å². The summed E-state index contributed by atoms with van der Waals surface area (Å²) >= 11 is 0. The molecule has 0 unspecified atom stereocenters. The molecule has 0 bridgehead atoms. The maximum atomic E-state index is 10.8. The van der Waals surface area contributed by atoms with Gasteiger partial charge in [-0.3, -0.25) is 4.79 Å². The number of aromatic nitrogens is 2. The number of hydrogen-bond acceptors (Lipinski definition) is 3. The van der Waals surface area contributed by atoms with Gasteiger partial charge in [0.15, 0.2) is 6.29 Å². The van der Waals surface area contributed by atoms with Crippen molar-refractivity contribution in [3.63, 3.8) is 0 Å². The van der Waals surface area contributed by atoms with Gasteiger partial charge in [-0.05, 0) is 25.8 Å². The average molecular weight is 221 g/mol. The normalized spacial score (nSPS) is 18.8. The van der Waals surface area contributed by atoms with E-state index in [1.807, 2.05) is 4.57 Å². The third-order valence-corrected chi connectivity index (χ3v) is 3.31. The third-order valence-electron chi connectivity index (χ3n) is 3.31. The summed E-state index contributed by atoms with van der Waals surface area (Å²) in [4.78, 5) is 17.4. The summed E-state index contributed by atoms with van der Waals surface area (Å²) in [6.07, 6.45) is 7.78. The van der Waals surface area contributed by atoms with Crippen LogP contribution in [0.4, 0.5) is 0 Å². The number of likely N-dealkylation sites (tertiary alicyclic amines) is 1. The Morgan fingerprint density at radius 3 is 2.88 bits per heavy atom. The van der Waals surface area contributed by atoms with Crippen LogP contribution in [0.15, 0.2) is 12.5 Å². The average Bonchev–Trinajstić information content (AvgIpc) is 2.78. The maximum absolute atomic E-state index is 10.8. The van der Waals surface area contributed by atoms with Gasteiger partial charge in [0.25, 0.3) is 0 Å². The van der Waals surface area contributed by atoms with Crippen LogP contribution in [-0.4, -0.2) is 40.4 Å². The second-order valence-corrected chi connectivity index (χ2v) is 4.42. The first kappa shape index (κ1) is 11.3. The van der Waals surface area contributed by atoms with Gasteiger partial charge in [0.05, 0.1) is 12.5 Å². The molecule has 2 heterocycles. The molecule has 2 rings (SSSR count). The van der Waals surface area contributed by atoms with Crippen LogP contribution in [0.25, 0.3) is 0 Å². The van der Waals surface area contributed by atoms with Crippen molar-refractivity contribution in [3.8, 4) is 0 Å². The quantitative estimate of drug-likeness (QED) is 0.727. The van der Waals surface area contributed by atoms with Gasteiger partial charge in [-0.1, -0.05) is 6.92 Å². The number of hydrogen-bond donors (Lipinski definition) is 0. The molecule has 0 radical (unpaired) electrons. The summed E-state index contributed by atoms with van der Waals surface area (Å²) in [6.45, 7) is 5.67. The Morgan fingerprint density at radius 1 is 1.50 bits per heavy atom. The third kappa shape index (κ3) is 2.32. The molecule has 4 heteroatoms. The summed E-state index contributed by atoms with van der Waals surface area (Å²) in [5.74, 6) is 0. The fraction of sp³-hybridized carbons (Fsp3) is 0.667. The van der Waals surface area contributed by atoms with Crippen LogP contribution in [0.5, 0.6) is 0 Å². The second kappa shape index (κ2) is 5.25. The minimum absolute atomic E-state index is 0.454. The molecule has 16 heavy (non-hydrogen) atoms. The summed E-state index contributed by atoms with van der Waals surface area (Å²) in [7, 11) is 0. The van der Waals surface area contributed by atoms with Gasteiger partial charge in [-0.15, -0.1) is 0 Å². The van der Waals surface area contributed by atoms with E-state index in [1.165, 1.54) is 13.0 Å². The zero-order valence-corrected chi connectivity index (χ0v) is 9.80. The lowest BCUT2D eigenvalue weighted by Gasteiger charge is -2.32. The van der Waals surface area contributed by atoms with Crippen LogP contribution in [0.3, 0.4) is 0 Å². The number of carbonyl (C=O) groups is 1. The molecule has 0 atom stereocenters. The van der Waals surface area contributed by atoms with Gasteiger partial charge < -0.3 is 9.47 Å². The van der Waals surface area contributed by atoms with Gasteiger partial charge in [-0.2, -0.15) is 0 Å². The van der Waals surface area contributed by atoms with E-state index >= 15 is 0 Å². The van der Waals surface area contributed by atoms with Gasteiger partial charge in [0, 0.05) is 19.1 Å². The lowest BCUT2D eigenvalue weighted by Crippen LogP contribution is -2.35. The van der Waals surface area contributed by atoms with E-state index in [2.05, 4.69) is 16.8 Å². The molecule has 0 N–H and O–H groups in total. The molecular formula is C12H19N3O. The van der Waals surface area contributed by atoms with Crippen molar-refractivity contribution in [2.75, 3.05) is 19.6 Å². The van der Waals surface area contributed by atoms with E-state index in [4.69, 9.17) is 0 Å². The zero-order valence-electron chi connectivity index (χ0n) is 9.80. The van der Waals surface area contributed by atoms with Crippen molar-refractivity contribution in [3.05, 3.63) is 18.2 Å². The van der Waals surface area contributed by atoms with Crippen molar-refractivity contribution >= 4 is 6.29 Å². The Morgan fingerprint density at radius 2 is 2.25 bits per heavy atom. The predicted molar refractivity (Wildman–Crippen MR) is 62.6 cm³/mol. The number of imidazole rings is 1. The Bertz CT molecular complexity index is 340. The Labute approximate surface area is 96.3 Å². The summed E-state index contributed by atoms with van der Waals surface area (Å²) < 4.78 is 2.02. The highest BCUT2D eigenvalue weighted by Crippen LogP contribution is 2.23. The predicted octanol–water partition coefficient (Wildman–Crippen LogP) is 1.74. The highest BCUT2D eigenvalue weighted by Gasteiger charge is 2.21. The van der Waals surface area contributed by atoms with E-state index < -0.39 is 0 Å². The molecular weight excluding hydrogens is 202 g/mol. The monoisotopic (exact) mass is 221 g/mol. The molecule has 1 saturated heterocycles. The van der Waals surface area contributed by atoms with Gasteiger partial charge in [0.1, 0.15) is 5.69 Å². The molecule has 1 aromatic heterocycles. The van der Waals surface area contributed by atoms with Crippen LogP contribution in [0.2, 0.25) is 0 Å². The SMILES string of the molecule is CCCN1CCC(n2cncc2C=O)CC1. The summed E-state index contributed by atoms with van der Waals surface area (Å²) in [5, 5.41) is 0. The van der Waals surface area contributed by atoms with Crippen LogP contribution >= 0.6 is 0 Å². The zero-order chi connectivity index (χ0) is 11.4. The first-order chi connectivity index (χ1) is 7.85.